The first-order valence-electron chi connectivity index (χ1n) is 9.08. The van der Waals surface area contributed by atoms with E-state index in [4.69, 9.17) is 0 Å². The molecule has 5 heteroatoms. The second kappa shape index (κ2) is 7.52. The Kier molecular flexibility index (Phi) is 4.92. The maximum Gasteiger partial charge on any atom is 0.253 e. The normalized spacial score (nSPS) is 18.1. The van der Waals surface area contributed by atoms with Gasteiger partial charge in [-0.3, -0.25) is 9.59 Å². The molecule has 4 rings (SSSR count). The van der Waals surface area contributed by atoms with Crippen molar-refractivity contribution in [1.82, 2.24) is 0 Å². The number of para-hydroxylation sites is 2. The van der Waals surface area contributed by atoms with Crippen molar-refractivity contribution in [2.45, 2.75) is 23.1 Å². The van der Waals surface area contributed by atoms with Crippen molar-refractivity contribution >= 4 is 35.0 Å². The lowest BCUT2D eigenvalue weighted by Gasteiger charge is -2.36. The van der Waals surface area contributed by atoms with Crippen LogP contribution in [-0.4, -0.2) is 16.6 Å². The molecule has 140 valence electrons. The topological polar surface area (TPSA) is 49.4 Å². The predicted molar refractivity (Wildman–Crippen MR) is 113 cm³/mol. The quantitative estimate of drug-likeness (QED) is 0.658. The monoisotopic (exact) mass is 388 g/mol. The van der Waals surface area contributed by atoms with Crippen LogP contribution in [0.15, 0.2) is 89.8 Å². The SMILES string of the molecule is CC1(C(=O)N(Cc2ccccc2)c2ccccc2)Sc2ccccc2NC1=O. The Morgan fingerprint density at radius 2 is 1.54 bits per heavy atom. The summed E-state index contributed by atoms with van der Waals surface area (Å²) in [6, 6.07) is 26.8. The standard InChI is InChI=1S/C23H20N2O2S/c1-23(21(26)24-19-14-8-9-15-20(19)28-23)22(27)25(18-12-6-3-7-13-18)16-17-10-4-2-5-11-17/h2-15H,16H2,1H3,(H,24,26). The lowest BCUT2D eigenvalue weighted by Crippen LogP contribution is -2.53. The number of anilines is 2. The van der Waals surface area contributed by atoms with Crippen LogP contribution in [0.2, 0.25) is 0 Å². The number of amides is 2. The molecule has 0 radical (unpaired) electrons. The second-order valence-corrected chi connectivity index (χ2v) is 8.26. The largest absolute Gasteiger partial charge is 0.323 e. The Bertz CT molecular complexity index is 1010. The van der Waals surface area contributed by atoms with Crippen LogP contribution in [0.3, 0.4) is 0 Å². The summed E-state index contributed by atoms with van der Waals surface area (Å²) >= 11 is 1.31. The molecule has 0 fully saturated rings. The van der Waals surface area contributed by atoms with Gasteiger partial charge in [0.25, 0.3) is 5.91 Å². The van der Waals surface area contributed by atoms with Crippen LogP contribution < -0.4 is 10.2 Å². The van der Waals surface area contributed by atoms with Gasteiger partial charge in [-0.05, 0) is 36.8 Å². The molecule has 1 unspecified atom stereocenters. The van der Waals surface area contributed by atoms with Crippen LogP contribution in [0.5, 0.6) is 0 Å². The highest BCUT2D eigenvalue weighted by molar-refractivity contribution is 8.02. The smallest absolute Gasteiger partial charge is 0.253 e. The summed E-state index contributed by atoms with van der Waals surface area (Å²) in [4.78, 5) is 29.2. The molecule has 1 aliphatic heterocycles. The van der Waals surface area contributed by atoms with Crippen LogP contribution in [0, 0.1) is 0 Å². The molecule has 1 atom stereocenters. The molecule has 3 aromatic carbocycles. The number of thioether (sulfide) groups is 1. The van der Waals surface area contributed by atoms with Crippen molar-refractivity contribution < 1.29 is 9.59 Å². The lowest BCUT2D eigenvalue weighted by atomic mass is 10.1. The molecule has 28 heavy (non-hydrogen) atoms. The molecule has 1 aliphatic rings. The Morgan fingerprint density at radius 3 is 2.25 bits per heavy atom. The number of carbonyl (C=O) groups excluding carboxylic acids is 2. The molecule has 1 heterocycles. The fourth-order valence-corrected chi connectivity index (χ4v) is 4.38. The number of carbonyl (C=O) groups is 2. The Morgan fingerprint density at radius 1 is 0.929 bits per heavy atom. The zero-order chi connectivity index (χ0) is 19.6. The number of hydrogen-bond donors (Lipinski definition) is 1. The average Bonchev–Trinajstić information content (AvgIpc) is 2.74. The first-order chi connectivity index (χ1) is 13.6. The van der Waals surface area contributed by atoms with Crippen LogP contribution in [0.4, 0.5) is 11.4 Å². The molecule has 4 nitrogen and oxygen atoms in total. The van der Waals surface area contributed by atoms with Crippen LogP contribution in [0.1, 0.15) is 12.5 Å². The van der Waals surface area contributed by atoms with Gasteiger partial charge in [0.2, 0.25) is 5.91 Å². The Labute approximate surface area is 168 Å². The third-order valence-corrected chi connectivity index (χ3v) is 6.13. The van der Waals surface area contributed by atoms with E-state index in [1.807, 2.05) is 84.9 Å². The van der Waals surface area contributed by atoms with Gasteiger partial charge in [-0.25, -0.2) is 0 Å². The molecule has 0 saturated carbocycles. The number of fused-ring (bicyclic) bond motifs is 1. The highest BCUT2D eigenvalue weighted by Gasteiger charge is 2.48. The van der Waals surface area contributed by atoms with Crippen molar-refractivity contribution in [2.75, 3.05) is 10.2 Å². The molecule has 1 N–H and O–H groups in total. The molecule has 0 aliphatic carbocycles. The zero-order valence-corrected chi connectivity index (χ0v) is 16.3. The van der Waals surface area contributed by atoms with Crippen molar-refractivity contribution in [2.24, 2.45) is 0 Å². The van der Waals surface area contributed by atoms with Crippen molar-refractivity contribution in [3.05, 3.63) is 90.5 Å². The summed E-state index contributed by atoms with van der Waals surface area (Å²) in [6.07, 6.45) is 0. The second-order valence-electron chi connectivity index (χ2n) is 6.80. The average molecular weight is 388 g/mol. The zero-order valence-electron chi connectivity index (χ0n) is 15.5. The minimum Gasteiger partial charge on any atom is -0.323 e. The minimum atomic E-state index is -1.25. The summed E-state index contributed by atoms with van der Waals surface area (Å²) in [7, 11) is 0. The van der Waals surface area contributed by atoms with Crippen LogP contribution >= 0.6 is 11.8 Å². The molecule has 0 aromatic heterocycles. The van der Waals surface area contributed by atoms with Gasteiger partial charge in [-0.15, -0.1) is 0 Å². The number of hydrogen-bond acceptors (Lipinski definition) is 3. The van der Waals surface area contributed by atoms with Crippen LogP contribution in [-0.2, 0) is 16.1 Å². The van der Waals surface area contributed by atoms with Crippen molar-refractivity contribution in [3.63, 3.8) is 0 Å². The van der Waals surface area contributed by atoms with E-state index >= 15 is 0 Å². The van der Waals surface area contributed by atoms with E-state index < -0.39 is 4.75 Å². The summed E-state index contributed by atoms with van der Waals surface area (Å²) < 4.78 is -1.25. The minimum absolute atomic E-state index is 0.237. The number of nitrogens with one attached hydrogen (secondary N) is 1. The molecule has 2 amide bonds. The van der Waals surface area contributed by atoms with Crippen LogP contribution in [0.25, 0.3) is 0 Å². The Balaban J connectivity index is 1.72. The van der Waals surface area contributed by atoms with Gasteiger partial charge < -0.3 is 10.2 Å². The van der Waals surface area contributed by atoms with E-state index in [9.17, 15) is 9.59 Å². The van der Waals surface area contributed by atoms with E-state index in [1.165, 1.54) is 11.8 Å². The molecule has 0 saturated heterocycles. The third-order valence-electron chi connectivity index (χ3n) is 4.79. The van der Waals surface area contributed by atoms with E-state index in [2.05, 4.69) is 5.32 Å². The maximum atomic E-state index is 13.7. The van der Waals surface area contributed by atoms with Gasteiger partial charge in [0.05, 0.1) is 12.2 Å². The predicted octanol–water partition coefficient (Wildman–Crippen LogP) is 4.72. The number of nitrogens with zero attached hydrogens (tertiary/aromatic N) is 1. The lowest BCUT2D eigenvalue weighted by molar-refractivity contribution is -0.128. The molecular formula is C23H20N2O2S. The first-order valence-corrected chi connectivity index (χ1v) is 9.90. The summed E-state index contributed by atoms with van der Waals surface area (Å²) in [5.74, 6) is -0.533. The van der Waals surface area contributed by atoms with E-state index in [-0.39, 0.29) is 11.8 Å². The first kappa shape index (κ1) is 18.3. The van der Waals surface area contributed by atoms with Gasteiger partial charge in [0, 0.05) is 10.6 Å². The molecule has 0 spiro atoms. The highest BCUT2D eigenvalue weighted by Crippen LogP contribution is 2.43. The highest BCUT2D eigenvalue weighted by atomic mass is 32.2. The van der Waals surface area contributed by atoms with Gasteiger partial charge in [0.1, 0.15) is 0 Å². The molecular weight excluding hydrogens is 368 g/mol. The summed E-state index contributed by atoms with van der Waals surface area (Å²) in [6.45, 7) is 2.10. The third kappa shape index (κ3) is 3.41. The molecule has 3 aromatic rings. The van der Waals surface area contributed by atoms with E-state index in [0.29, 0.717) is 6.54 Å². The van der Waals surface area contributed by atoms with Gasteiger partial charge in [-0.2, -0.15) is 0 Å². The van der Waals surface area contributed by atoms with E-state index in [0.717, 1.165) is 21.8 Å². The van der Waals surface area contributed by atoms with Gasteiger partial charge >= 0.3 is 0 Å². The maximum absolute atomic E-state index is 13.7. The fraction of sp³-hybridized carbons (Fsp3) is 0.130. The van der Waals surface area contributed by atoms with Gasteiger partial charge in [-0.1, -0.05) is 72.4 Å². The number of benzene rings is 3. The summed E-state index contributed by atoms with van der Waals surface area (Å²) in [5.41, 5.74) is 2.52. The van der Waals surface area contributed by atoms with Gasteiger partial charge in [0.15, 0.2) is 4.75 Å². The summed E-state index contributed by atoms with van der Waals surface area (Å²) in [5, 5.41) is 2.89. The molecule has 0 bridgehead atoms. The van der Waals surface area contributed by atoms with E-state index in [1.54, 1.807) is 11.8 Å². The fourth-order valence-electron chi connectivity index (χ4n) is 3.22. The number of rotatable bonds is 4. The van der Waals surface area contributed by atoms with Crippen molar-refractivity contribution in [3.8, 4) is 0 Å². The van der Waals surface area contributed by atoms with Crippen molar-refractivity contribution in [1.29, 1.82) is 0 Å². The Hall–Kier alpha value is -3.05.